The first-order chi connectivity index (χ1) is 6.65. The molecular formula is C9H5ClN2O2. The van der Waals surface area contributed by atoms with Crippen molar-refractivity contribution in [2.45, 2.75) is 0 Å². The van der Waals surface area contributed by atoms with Crippen molar-refractivity contribution in [2.75, 3.05) is 0 Å². The van der Waals surface area contributed by atoms with Gasteiger partial charge in [-0.05, 0) is 6.07 Å². The van der Waals surface area contributed by atoms with E-state index in [0.717, 1.165) is 6.08 Å². The largest absolute Gasteiger partial charge is 0.346 e. The van der Waals surface area contributed by atoms with Gasteiger partial charge in [-0.1, -0.05) is 29.8 Å². The minimum Gasteiger partial charge on any atom is -0.258 e. The topological polar surface area (TPSA) is 66.9 Å². The third-order valence-electron chi connectivity index (χ3n) is 1.51. The summed E-state index contributed by atoms with van der Waals surface area (Å²) >= 11 is 5.75. The summed E-state index contributed by atoms with van der Waals surface area (Å²) < 4.78 is 0. The van der Waals surface area contributed by atoms with Crippen molar-refractivity contribution in [1.29, 1.82) is 5.26 Å². The van der Waals surface area contributed by atoms with E-state index in [1.165, 1.54) is 6.07 Å². The number of nitrogens with zero attached hydrogens (tertiary/aromatic N) is 2. The molecular weight excluding hydrogens is 204 g/mol. The molecule has 4 nitrogen and oxygen atoms in total. The molecule has 1 aromatic carbocycles. The second kappa shape index (κ2) is 4.40. The van der Waals surface area contributed by atoms with Crippen molar-refractivity contribution >= 4 is 17.7 Å². The molecule has 0 saturated carbocycles. The minimum atomic E-state index is -0.747. The van der Waals surface area contributed by atoms with Gasteiger partial charge >= 0.3 is 5.70 Å². The first-order valence-corrected chi connectivity index (χ1v) is 4.03. The summed E-state index contributed by atoms with van der Waals surface area (Å²) in [5, 5.41) is 19.1. The van der Waals surface area contributed by atoms with Crippen molar-refractivity contribution in [3.8, 4) is 6.07 Å². The predicted molar refractivity (Wildman–Crippen MR) is 52.0 cm³/mol. The van der Waals surface area contributed by atoms with Gasteiger partial charge in [0.1, 0.15) is 0 Å². The summed E-state index contributed by atoms with van der Waals surface area (Å²) in [6.07, 6.45) is 1.14. The molecule has 0 radical (unpaired) electrons. The summed E-state index contributed by atoms with van der Waals surface area (Å²) in [6.45, 7) is 0. The number of rotatable bonds is 2. The number of benzene rings is 1. The highest BCUT2D eigenvalue weighted by atomic mass is 35.5. The van der Waals surface area contributed by atoms with Crippen LogP contribution in [-0.2, 0) is 0 Å². The van der Waals surface area contributed by atoms with Gasteiger partial charge in [0.2, 0.25) is 0 Å². The maximum atomic E-state index is 10.3. The van der Waals surface area contributed by atoms with Crippen LogP contribution in [0.5, 0.6) is 0 Å². The zero-order valence-electron chi connectivity index (χ0n) is 6.98. The SMILES string of the molecule is N#CC(=Cc1ccccc1Cl)[N+](=O)[O-]. The lowest BCUT2D eigenvalue weighted by Gasteiger charge is -1.94. The quantitative estimate of drug-likeness (QED) is 0.426. The van der Waals surface area contributed by atoms with Gasteiger partial charge in [-0.2, -0.15) is 5.26 Å². The monoisotopic (exact) mass is 208 g/mol. The Morgan fingerprint density at radius 3 is 2.71 bits per heavy atom. The summed E-state index contributed by atoms with van der Waals surface area (Å²) in [4.78, 5) is 9.57. The van der Waals surface area contributed by atoms with Gasteiger partial charge in [0.05, 0.1) is 4.92 Å². The van der Waals surface area contributed by atoms with Crippen LogP contribution in [0, 0.1) is 21.4 Å². The van der Waals surface area contributed by atoms with Gasteiger partial charge in [-0.3, -0.25) is 10.1 Å². The van der Waals surface area contributed by atoms with E-state index in [1.54, 1.807) is 24.3 Å². The van der Waals surface area contributed by atoms with E-state index in [0.29, 0.717) is 10.6 Å². The molecule has 0 aromatic heterocycles. The van der Waals surface area contributed by atoms with Crippen LogP contribution in [0.1, 0.15) is 5.56 Å². The number of hydrogen-bond donors (Lipinski definition) is 0. The number of allylic oxidation sites excluding steroid dienone is 1. The second-order valence-electron chi connectivity index (χ2n) is 2.42. The first-order valence-electron chi connectivity index (χ1n) is 3.66. The molecule has 0 unspecified atom stereocenters. The molecule has 14 heavy (non-hydrogen) atoms. The summed E-state index contributed by atoms with van der Waals surface area (Å²) in [5.74, 6) is 0. The summed E-state index contributed by atoms with van der Waals surface area (Å²) in [5.41, 5.74) is -0.0690. The van der Waals surface area contributed by atoms with E-state index in [2.05, 4.69) is 0 Å². The van der Waals surface area contributed by atoms with E-state index < -0.39 is 10.6 Å². The van der Waals surface area contributed by atoms with Gasteiger partial charge in [-0.25, -0.2) is 0 Å². The van der Waals surface area contributed by atoms with Gasteiger partial charge in [0, 0.05) is 16.7 Å². The molecule has 0 heterocycles. The van der Waals surface area contributed by atoms with Crippen molar-refractivity contribution in [3.63, 3.8) is 0 Å². The lowest BCUT2D eigenvalue weighted by Crippen LogP contribution is -1.95. The Balaban J connectivity index is 3.15. The van der Waals surface area contributed by atoms with E-state index >= 15 is 0 Å². The average Bonchev–Trinajstić information content (AvgIpc) is 2.16. The van der Waals surface area contributed by atoms with Gasteiger partial charge in [0.15, 0.2) is 6.07 Å². The fourth-order valence-electron chi connectivity index (χ4n) is 0.865. The lowest BCUT2D eigenvalue weighted by atomic mass is 10.2. The molecule has 0 aliphatic rings. The van der Waals surface area contributed by atoms with Crippen molar-refractivity contribution in [1.82, 2.24) is 0 Å². The zero-order valence-corrected chi connectivity index (χ0v) is 7.73. The minimum absolute atomic E-state index is 0.377. The number of halogens is 1. The fourth-order valence-corrected chi connectivity index (χ4v) is 1.06. The van der Waals surface area contributed by atoms with Crippen LogP contribution >= 0.6 is 11.6 Å². The Morgan fingerprint density at radius 2 is 2.21 bits per heavy atom. The smallest absolute Gasteiger partial charge is 0.258 e. The highest BCUT2D eigenvalue weighted by Gasteiger charge is 2.09. The van der Waals surface area contributed by atoms with Crippen LogP contribution in [0.4, 0.5) is 0 Å². The molecule has 0 amide bonds. The maximum absolute atomic E-state index is 10.3. The summed E-state index contributed by atoms with van der Waals surface area (Å²) in [6, 6.07) is 8.07. The molecule has 0 N–H and O–H groups in total. The zero-order chi connectivity index (χ0) is 10.6. The second-order valence-corrected chi connectivity index (χ2v) is 2.83. The summed E-state index contributed by atoms with van der Waals surface area (Å²) in [7, 11) is 0. The molecule has 70 valence electrons. The van der Waals surface area contributed by atoms with E-state index in [1.807, 2.05) is 0 Å². The number of nitro groups is 1. The third-order valence-corrected chi connectivity index (χ3v) is 1.85. The first kappa shape index (κ1) is 10.2. The molecule has 1 rings (SSSR count). The van der Waals surface area contributed by atoms with Crippen LogP contribution in [-0.4, -0.2) is 4.92 Å². The van der Waals surface area contributed by atoms with Crippen LogP contribution < -0.4 is 0 Å². The molecule has 0 atom stereocenters. The van der Waals surface area contributed by atoms with Crippen molar-refractivity contribution < 1.29 is 4.92 Å². The standard InChI is InChI=1S/C9H5ClN2O2/c10-9-4-2-1-3-7(9)5-8(6-11)12(13)14/h1-5H. The normalized spacial score (nSPS) is 10.7. The Hall–Kier alpha value is -1.86. The van der Waals surface area contributed by atoms with Crippen LogP contribution in [0.15, 0.2) is 30.0 Å². The van der Waals surface area contributed by atoms with Gasteiger partial charge < -0.3 is 0 Å². The molecule has 0 fully saturated rings. The molecule has 0 saturated heterocycles. The predicted octanol–water partition coefficient (Wildman–Crippen LogP) is 2.48. The van der Waals surface area contributed by atoms with Crippen LogP contribution in [0.25, 0.3) is 6.08 Å². The van der Waals surface area contributed by atoms with E-state index in [9.17, 15) is 10.1 Å². The Bertz CT molecular complexity index is 435. The van der Waals surface area contributed by atoms with Gasteiger partial charge in [0.25, 0.3) is 0 Å². The van der Waals surface area contributed by atoms with Crippen molar-refractivity contribution in [3.05, 3.63) is 50.7 Å². The van der Waals surface area contributed by atoms with E-state index in [-0.39, 0.29) is 0 Å². The van der Waals surface area contributed by atoms with Gasteiger partial charge in [-0.15, -0.1) is 0 Å². The van der Waals surface area contributed by atoms with Crippen LogP contribution in [0.3, 0.4) is 0 Å². The van der Waals surface area contributed by atoms with E-state index in [4.69, 9.17) is 16.9 Å². The number of hydrogen-bond acceptors (Lipinski definition) is 3. The molecule has 5 heteroatoms. The number of nitriles is 1. The lowest BCUT2D eigenvalue weighted by molar-refractivity contribution is -0.415. The molecule has 0 aliphatic carbocycles. The fraction of sp³-hybridized carbons (Fsp3) is 0. The third kappa shape index (κ3) is 2.31. The Kier molecular flexibility index (Phi) is 3.21. The average molecular weight is 209 g/mol. The molecule has 1 aromatic rings. The molecule has 0 aliphatic heterocycles. The Morgan fingerprint density at radius 1 is 1.57 bits per heavy atom. The Labute approximate surface area is 85.2 Å². The highest BCUT2D eigenvalue weighted by molar-refractivity contribution is 6.32. The highest BCUT2D eigenvalue weighted by Crippen LogP contribution is 2.17. The molecule has 0 spiro atoms. The van der Waals surface area contributed by atoms with Crippen LogP contribution in [0.2, 0.25) is 5.02 Å². The molecule has 0 bridgehead atoms. The maximum Gasteiger partial charge on any atom is 0.346 e. The van der Waals surface area contributed by atoms with Crippen molar-refractivity contribution in [2.24, 2.45) is 0 Å².